The van der Waals surface area contributed by atoms with Gasteiger partial charge in [0.1, 0.15) is 5.82 Å². The van der Waals surface area contributed by atoms with Crippen molar-refractivity contribution in [3.8, 4) is 0 Å². The highest BCUT2D eigenvalue weighted by atomic mass is 79.9. The second-order valence-corrected chi connectivity index (χ2v) is 4.81. The Bertz CT molecular complexity index is 350. The van der Waals surface area contributed by atoms with Gasteiger partial charge in [-0.2, -0.15) is 0 Å². The summed E-state index contributed by atoms with van der Waals surface area (Å²) in [5, 5.41) is 2.45. The summed E-state index contributed by atoms with van der Waals surface area (Å²) in [6.07, 6.45) is 0. The van der Waals surface area contributed by atoms with Gasteiger partial charge in [0.05, 0.1) is 0 Å². The third-order valence-corrected chi connectivity index (χ3v) is 2.28. The lowest BCUT2D eigenvalue weighted by molar-refractivity contribution is 0.0953. The highest BCUT2D eigenvalue weighted by Crippen LogP contribution is 2.14. The molecule has 1 amide bonds. The number of hydrogen-bond acceptors (Lipinski definition) is 1. The summed E-state index contributed by atoms with van der Waals surface area (Å²) in [5.41, 5.74) is 0.277. The number of hydrogen-bond donors (Lipinski definition) is 1. The van der Waals surface area contributed by atoms with Crippen molar-refractivity contribution in [1.29, 1.82) is 0 Å². The van der Waals surface area contributed by atoms with E-state index >= 15 is 0 Å². The Balaban J connectivity index is 2.73. The zero-order valence-corrected chi connectivity index (χ0v) is 10.4. The van der Waals surface area contributed by atoms with Crippen LogP contribution in [0.5, 0.6) is 0 Å². The molecule has 0 aliphatic heterocycles. The minimum absolute atomic E-state index is 0.147. The predicted octanol–water partition coefficient (Wildman–Crippen LogP) is 2.95. The smallest absolute Gasteiger partial charge is 0.251 e. The van der Waals surface area contributed by atoms with E-state index in [2.05, 4.69) is 21.2 Å². The highest BCUT2D eigenvalue weighted by Gasteiger charge is 2.08. The van der Waals surface area contributed by atoms with Crippen LogP contribution in [-0.2, 0) is 0 Å². The summed E-state index contributed by atoms with van der Waals surface area (Å²) in [5.74, 6) is -0.781. The van der Waals surface area contributed by atoms with E-state index in [4.69, 9.17) is 11.6 Å². The fourth-order valence-corrected chi connectivity index (χ4v) is 1.56. The van der Waals surface area contributed by atoms with E-state index in [1.807, 2.05) is 0 Å². The van der Waals surface area contributed by atoms with E-state index in [0.717, 1.165) is 0 Å². The topological polar surface area (TPSA) is 29.1 Å². The molecule has 0 radical (unpaired) electrons. The van der Waals surface area contributed by atoms with E-state index in [-0.39, 0.29) is 16.8 Å². The van der Waals surface area contributed by atoms with Crippen LogP contribution in [0.3, 0.4) is 0 Å². The fraction of sp³-hybridized carbons (Fsp3) is 0.300. The van der Waals surface area contributed by atoms with E-state index in [0.29, 0.717) is 11.0 Å². The van der Waals surface area contributed by atoms with Crippen molar-refractivity contribution in [2.24, 2.45) is 0 Å². The van der Waals surface area contributed by atoms with Crippen LogP contribution in [0.2, 0.25) is 0 Å². The van der Waals surface area contributed by atoms with Gasteiger partial charge in [0.2, 0.25) is 0 Å². The molecule has 1 unspecified atom stereocenters. The summed E-state index contributed by atoms with van der Waals surface area (Å²) in [6, 6.07) is 4.03. The predicted molar refractivity (Wildman–Crippen MR) is 61.7 cm³/mol. The molecule has 0 aromatic heterocycles. The lowest BCUT2D eigenvalue weighted by Gasteiger charge is -2.06. The number of carbonyl (C=O) groups is 1. The first-order valence-corrected chi connectivity index (χ1v) is 5.60. The zero-order valence-electron chi connectivity index (χ0n) is 8.06. The Morgan fingerprint density at radius 3 is 2.80 bits per heavy atom. The molecule has 1 N–H and O–H groups in total. The van der Waals surface area contributed by atoms with Gasteiger partial charge in [-0.05, 0) is 25.1 Å². The molecule has 0 saturated carbocycles. The van der Waals surface area contributed by atoms with E-state index in [1.54, 1.807) is 13.0 Å². The average molecular weight is 295 g/mol. The monoisotopic (exact) mass is 293 g/mol. The Labute approximate surface area is 101 Å². The average Bonchev–Trinajstić information content (AvgIpc) is 2.12. The largest absolute Gasteiger partial charge is 0.351 e. The van der Waals surface area contributed by atoms with Crippen molar-refractivity contribution < 1.29 is 9.18 Å². The third kappa shape index (κ3) is 4.18. The maximum atomic E-state index is 13.0. The van der Waals surface area contributed by atoms with Crippen molar-refractivity contribution in [2.45, 2.75) is 12.3 Å². The number of benzene rings is 1. The van der Waals surface area contributed by atoms with Crippen molar-refractivity contribution >= 4 is 33.4 Å². The molecule has 0 heterocycles. The minimum Gasteiger partial charge on any atom is -0.351 e. The van der Waals surface area contributed by atoms with Crippen LogP contribution < -0.4 is 5.32 Å². The van der Waals surface area contributed by atoms with E-state index < -0.39 is 5.82 Å². The van der Waals surface area contributed by atoms with E-state index in [1.165, 1.54) is 12.1 Å². The normalized spacial score (nSPS) is 12.3. The lowest BCUT2D eigenvalue weighted by Crippen LogP contribution is -2.28. The molecule has 1 aromatic rings. The Kier molecular flexibility index (Phi) is 4.54. The summed E-state index contributed by atoms with van der Waals surface area (Å²) in [4.78, 5) is 11.5. The third-order valence-electron chi connectivity index (χ3n) is 1.67. The van der Waals surface area contributed by atoms with Crippen LogP contribution in [0.4, 0.5) is 4.39 Å². The van der Waals surface area contributed by atoms with Crippen molar-refractivity contribution in [3.05, 3.63) is 34.1 Å². The maximum Gasteiger partial charge on any atom is 0.251 e. The molecule has 1 aromatic carbocycles. The second-order valence-electron chi connectivity index (χ2n) is 3.15. The molecule has 1 atom stereocenters. The Morgan fingerprint density at radius 2 is 2.27 bits per heavy atom. The van der Waals surface area contributed by atoms with Crippen LogP contribution in [-0.4, -0.2) is 17.8 Å². The summed E-state index contributed by atoms with van der Waals surface area (Å²) >= 11 is 8.79. The van der Waals surface area contributed by atoms with Gasteiger partial charge in [-0.25, -0.2) is 4.39 Å². The number of nitrogens with one attached hydrogen (secondary N) is 1. The van der Waals surface area contributed by atoms with Crippen LogP contribution in [0.25, 0.3) is 0 Å². The van der Waals surface area contributed by atoms with Gasteiger partial charge in [-0.1, -0.05) is 15.9 Å². The number of rotatable bonds is 3. The molecule has 15 heavy (non-hydrogen) atoms. The first-order valence-electron chi connectivity index (χ1n) is 4.37. The molecule has 0 spiro atoms. The van der Waals surface area contributed by atoms with Crippen LogP contribution in [0, 0.1) is 5.82 Å². The summed E-state index contributed by atoms with van der Waals surface area (Å²) < 4.78 is 13.5. The second kappa shape index (κ2) is 5.47. The quantitative estimate of drug-likeness (QED) is 0.853. The van der Waals surface area contributed by atoms with Crippen molar-refractivity contribution in [1.82, 2.24) is 5.32 Å². The molecule has 0 bridgehead atoms. The number of halogens is 3. The summed E-state index contributed by atoms with van der Waals surface area (Å²) in [6.45, 7) is 2.12. The molecule has 0 saturated heterocycles. The molecule has 2 nitrogen and oxygen atoms in total. The molecule has 0 fully saturated rings. The van der Waals surface area contributed by atoms with E-state index in [9.17, 15) is 9.18 Å². The Hall–Kier alpha value is -0.610. The minimum atomic E-state index is -0.451. The fourth-order valence-electron chi connectivity index (χ4n) is 1.02. The van der Waals surface area contributed by atoms with Gasteiger partial charge in [0, 0.05) is 22.0 Å². The Morgan fingerprint density at radius 1 is 1.60 bits per heavy atom. The highest BCUT2D eigenvalue weighted by molar-refractivity contribution is 9.10. The molecule has 82 valence electrons. The molecule has 5 heteroatoms. The van der Waals surface area contributed by atoms with Gasteiger partial charge < -0.3 is 5.32 Å². The van der Waals surface area contributed by atoms with Crippen LogP contribution in [0.15, 0.2) is 22.7 Å². The number of alkyl halides is 1. The van der Waals surface area contributed by atoms with Gasteiger partial charge in [-0.15, -0.1) is 11.6 Å². The molecule has 1 rings (SSSR count). The van der Waals surface area contributed by atoms with Gasteiger partial charge >= 0.3 is 0 Å². The van der Waals surface area contributed by atoms with Gasteiger partial charge in [0.25, 0.3) is 5.91 Å². The standard InChI is InChI=1S/C10H10BrClFNO/c1-6(12)5-14-10(15)7-2-8(11)4-9(13)3-7/h2-4,6H,5H2,1H3,(H,14,15). The molecule has 0 aliphatic rings. The van der Waals surface area contributed by atoms with Crippen LogP contribution in [0.1, 0.15) is 17.3 Å². The first-order chi connectivity index (χ1) is 6.99. The SMILES string of the molecule is CC(Cl)CNC(=O)c1cc(F)cc(Br)c1. The molecule has 0 aliphatic carbocycles. The number of carbonyl (C=O) groups excluding carboxylic acids is 1. The lowest BCUT2D eigenvalue weighted by atomic mass is 10.2. The first kappa shape index (κ1) is 12.5. The van der Waals surface area contributed by atoms with Crippen molar-refractivity contribution in [2.75, 3.05) is 6.54 Å². The number of amides is 1. The molecular formula is C10H10BrClFNO. The van der Waals surface area contributed by atoms with Gasteiger partial charge in [-0.3, -0.25) is 4.79 Å². The summed E-state index contributed by atoms with van der Waals surface area (Å²) in [7, 11) is 0. The van der Waals surface area contributed by atoms with Gasteiger partial charge in [0.15, 0.2) is 0 Å². The maximum absolute atomic E-state index is 13.0. The van der Waals surface area contributed by atoms with Crippen molar-refractivity contribution in [3.63, 3.8) is 0 Å². The van der Waals surface area contributed by atoms with Crippen LogP contribution >= 0.6 is 27.5 Å². The molecular weight excluding hydrogens is 284 g/mol. The zero-order chi connectivity index (χ0) is 11.4.